The van der Waals surface area contributed by atoms with Crippen LogP contribution in [-0.4, -0.2) is 28.6 Å². The molecule has 0 atom stereocenters. The minimum Gasteiger partial charge on any atom is -0.370 e. The Bertz CT molecular complexity index is 332. The molecule has 19 heavy (non-hydrogen) atoms. The first kappa shape index (κ1) is 15.5. The third kappa shape index (κ3) is 8.24. The molecule has 108 valence electrons. The van der Waals surface area contributed by atoms with E-state index in [1.807, 2.05) is 10.8 Å². The number of hydrogen-bond donors (Lipinski definition) is 2. The van der Waals surface area contributed by atoms with E-state index in [-0.39, 0.29) is 0 Å². The number of nitrogens with two attached hydrogens (primary N) is 1. The fourth-order valence-corrected chi connectivity index (χ4v) is 1.88. The summed E-state index contributed by atoms with van der Waals surface area (Å²) in [6, 6.07) is 0. The maximum absolute atomic E-state index is 5.79. The second kappa shape index (κ2) is 10.4. The molecule has 0 amide bonds. The number of nitrogens with zero attached hydrogens (tertiary/aromatic N) is 3. The van der Waals surface area contributed by atoms with Gasteiger partial charge in [0.1, 0.15) is 0 Å². The molecule has 0 fully saturated rings. The Morgan fingerprint density at radius 2 is 2.05 bits per heavy atom. The molecule has 5 nitrogen and oxygen atoms in total. The first-order valence-corrected chi connectivity index (χ1v) is 7.32. The predicted molar refractivity (Wildman–Crippen MR) is 80.1 cm³/mol. The third-order valence-corrected chi connectivity index (χ3v) is 3.03. The number of unbranched alkanes of at least 4 members (excludes halogenated alkanes) is 5. The largest absolute Gasteiger partial charge is 0.370 e. The van der Waals surface area contributed by atoms with E-state index in [1.54, 1.807) is 12.5 Å². The lowest BCUT2D eigenvalue weighted by Gasteiger charge is -2.06. The second-order valence-corrected chi connectivity index (χ2v) is 4.76. The molecule has 0 aliphatic carbocycles. The van der Waals surface area contributed by atoms with Gasteiger partial charge in [-0.1, -0.05) is 39.0 Å². The highest BCUT2D eigenvalue weighted by Gasteiger charge is 1.93. The fourth-order valence-electron chi connectivity index (χ4n) is 1.88. The van der Waals surface area contributed by atoms with Crippen LogP contribution in [0.5, 0.6) is 0 Å². The molecule has 3 N–H and O–H groups in total. The highest BCUT2D eigenvalue weighted by atomic mass is 15.1. The van der Waals surface area contributed by atoms with Gasteiger partial charge in [0.2, 0.25) is 0 Å². The minimum absolute atomic E-state index is 0.550. The Morgan fingerprint density at radius 3 is 2.79 bits per heavy atom. The monoisotopic (exact) mass is 265 g/mol. The molecule has 0 aliphatic rings. The van der Waals surface area contributed by atoms with E-state index in [4.69, 9.17) is 5.73 Å². The molecule has 0 saturated heterocycles. The molecule has 0 spiro atoms. The standard InChI is InChI=1S/C14H27N5/c1-2-3-4-5-6-7-8-17-14(15)18-10-12-19-11-9-16-13-19/h9,11,13H,2-8,10,12H2,1H3,(H3,15,17,18). The Kier molecular flexibility index (Phi) is 8.51. The summed E-state index contributed by atoms with van der Waals surface area (Å²) in [6.45, 7) is 4.70. The Hall–Kier alpha value is -1.52. The molecule has 0 aliphatic heterocycles. The number of aromatic nitrogens is 2. The summed E-state index contributed by atoms with van der Waals surface area (Å²) in [7, 11) is 0. The van der Waals surface area contributed by atoms with E-state index in [0.29, 0.717) is 5.96 Å². The maximum Gasteiger partial charge on any atom is 0.188 e. The Labute approximate surface area is 116 Å². The van der Waals surface area contributed by atoms with Gasteiger partial charge in [-0.25, -0.2) is 4.98 Å². The first-order valence-electron chi connectivity index (χ1n) is 7.32. The van der Waals surface area contributed by atoms with Gasteiger partial charge in [-0.15, -0.1) is 0 Å². The lowest BCUT2D eigenvalue weighted by atomic mass is 10.1. The molecule has 0 unspecified atom stereocenters. The van der Waals surface area contributed by atoms with Crippen molar-refractivity contribution in [2.75, 3.05) is 13.1 Å². The van der Waals surface area contributed by atoms with Crippen molar-refractivity contribution in [3.8, 4) is 0 Å². The number of hydrogen-bond acceptors (Lipinski definition) is 2. The van der Waals surface area contributed by atoms with Crippen molar-refractivity contribution in [1.82, 2.24) is 14.9 Å². The van der Waals surface area contributed by atoms with Gasteiger partial charge in [0, 0.05) is 32.0 Å². The highest BCUT2D eigenvalue weighted by molar-refractivity contribution is 5.77. The van der Waals surface area contributed by atoms with Crippen LogP contribution in [0.4, 0.5) is 0 Å². The lowest BCUT2D eigenvalue weighted by Crippen LogP contribution is -2.34. The topological polar surface area (TPSA) is 68.2 Å². The molecule has 0 bridgehead atoms. The second-order valence-electron chi connectivity index (χ2n) is 4.76. The number of imidazole rings is 1. The van der Waals surface area contributed by atoms with Gasteiger partial charge in [-0.3, -0.25) is 4.99 Å². The number of guanidine groups is 1. The zero-order valence-corrected chi connectivity index (χ0v) is 12.0. The molecule has 0 radical (unpaired) electrons. The van der Waals surface area contributed by atoms with Gasteiger partial charge in [0.05, 0.1) is 6.33 Å². The van der Waals surface area contributed by atoms with Crippen molar-refractivity contribution < 1.29 is 0 Å². The van der Waals surface area contributed by atoms with Crippen molar-refractivity contribution >= 4 is 5.96 Å². The average Bonchev–Trinajstić information content (AvgIpc) is 2.91. The summed E-state index contributed by atoms with van der Waals surface area (Å²) >= 11 is 0. The van der Waals surface area contributed by atoms with Crippen molar-refractivity contribution in [1.29, 1.82) is 0 Å². The van der Waals surface area contributed by atoms with E-state index >= 15 is 0 Å². The first-order chi connectivity index (χ1) is 9.33. The number of rotatable bonds is 10. The van der Waals surface area contributed by atoms with Crippen LogP contribution in [0.2, 0.25) is 0 Å². The van der Waals surface area contributed by atoms with Crippen LogP contribution < -0.4 is 11.1 Å². The summed E-state index contributed by atoms with van der Waals surface area (Å²) in [5.74, 6) is 0.550. The van der Waals surface area contributed by atoms with Crippen LogP contribution in [0, 0.1) is 0 Å². The van der Waals surface area contributed by atoms with E-state index in [9.17, 15) is 0 Å². The average molecular weight is 265 g/mol. The molecule has 1 heterocycles. The van der Waals surface area contributed by atoms with Gasteiger partial charge in [0.15, 0.2) is 5.96 Å². The lowest BCUT2D eigenvalue weighted by molar-refractivity contribution is 0.611. The zero-order chi connectivity index (χ0) is 13.8. The summed E-state index contributed by atoms with van der Waals surface area (Å²) in [4.78, 5) is 8.30. The molecular weight excluding hydrogens is 238 g/mol. The summed E-state index contributed by atoms with van der Waals surface area (Å²) in [6.07, 6.45) is 13.2. The van der Waals surface area contributed by atoms with Gasteiger partial charge < -0.3 is 15.6 Å². The molecule has 1 rings (SSSR count). The van der Waals surface area contributed by atoms with E-state index < -0.39 is 0 Å². The van der Waals surface area contributed by atoms with E-state index in [1.165, 1.54) is 32.1 Å². The van der Waals surface area contributed by atoms with Crippen LogP contribution in [-0.2, 0) is 6.54 Å². The highest BCUT2D eigenvalue weighted by Crippen LogP contribution is 2.04. The molecule has 0 saturated carbocycles. The van der Waals surface area contributed by atoms with E-state index in [0.717, 1.165) is 26.1 Å². The normalized spacial score (nSPS) is 11.7. The third-order valence-electron chi connectivity index (χ3n) is 3.03. The Balaban J connectivity index is 1.96. The molecular formula is C14H27N5. The number of aliphatic imine (C=N–C) groups is 1. The Morgan fingerprint density at radius 1 is 1.26 bits per heavy atom. The molecule has 5 heteroatoms. The van der Waals surface area contributed by atoms with Crippen molar-refractivity contribution in [3.63, 3.8) is 0 Å². The molecule has 1 aromatic rings. The van der Waals surface area contributed by atoms with Gasteiger partial charge in [-0.05, 0) is 6.42 Å². The van der Waals surface area contributed by atoms with Gasteiger partial charge in [-0.2, -0.15) is 0 Å². The van der Waals surface area contributed by atoms with Crippen LogP contribution in [0.25, 0.3) is 0 Å². The number of nitrogens with one attached hydrogen (secondary N) is 1. The van der Waals surface area contributed by atoms with Gasteiger partial charge >= 0.3 is 0 Å². The molecule has 0 aromatic carbocycles. The maximum atomic E-state index is 5.79. The van der Waals surface area contributed by atoms with Crippen LogP contribution in [0.1, 0.15) is 45.4 Å². The SMILES string of the molecule is CCCCCCCCN=C(N)NCCn1ccnc1. The van der Waals surface area contributed by atoms with Gasteiger partial charge in [0.25, 0.3) is 0 Å². The zero-order valence-electron chi connectivity index (χ0n) is 12.0. The minimum atomic E-state index is 0.550. The predicted octanol–water partition coefficient (Wildman–Crippen LogP) is 2.15. The summed E-state index contributed by atoms with van der Waals surface area (Å²) in [5.41, 5.74) is 5.79. The fraction of sp³-hybridized carbons (Fsp3) is 0.714. The summed E-state index contributed by atoms with van der Waals surface area (Å²) < 4.78 is 2.01. The van der Waals surface area contributed by atoms with Crippen molar-refractivity contribution in [3.05, 3.63) is 18.7 Å². The van der Waals surface area contributed by atoms with Crippen LogP contribution in [0.15, 0.2) is 23.7 Å². The van der Waals surface area contributed by atoms with Crippen LogP contribution >= 0.6 is 0 Å². The summed E-state index contributed by atoms with van der Waals surface area (Å²) in [5, 5.41) is 3.11. The smallest absolute Gasteiger partial charge is 0.188 e. The molecule has 1 aromatic heterocycles. The van der Waals surface area contributed by atoms with Crippen molar-refractivity contribution in [2.24, 2.45) is 10.7 Å². The van der Waals surface area contributed by atoms with Crippen LogP contribution in [0.3, 0.4) is 0 Å². The van der Waals surface area contributed by atoms with E-state index in [2.05, 4.69) is 22.2 Å². The quantitative estimate of drug-likeness (QED) is 0.387. The van der Waals surface area contributed by atoms with Crippen molar-refractivity contribution in [2.45, 2.75) is 52.0 Å².